The molecule has 0 aromatic carbocycles. The molecule has 0 aliphatic heterocycles. The van der Waals surface area contributed by atoms with Crippen LogP contribution in [-0.2, 0) is 9.59 Å². The zero-order valence-corrected chi connectivity index (χ0v) is 9.77. The lowest BCUT2D eigenvalue weighted by atomic mass is 10.3. The molecule has 82 valence electrons. The molecule has 0 heterocycles. The summed E-state index contributed by atoms with van der Waals surface area (Å²) in [6, 6.07) is -0.795. The molecule has 0 aliphatic rings. The maximum atomic E-state index is 10.7. The van der Waals surface area contributed by atoms with Gasteiger partial charge in [-0.25, -0.2) is 4.79 Å². The lowest BCUT2D eigenvalue weighted by Crippen LogP contribution is -2.42. The monoisotopic (exact) mass is 219 g/mol. The van der Waals surface area contributed by atoms with Crippen LogP contribution >= 0.6 is 11.8 Å². The van der Waals surface area contributed by atoms with Gasteiger partial charge in [0.25, 0.3) is 0 Å². The van der Waals surface area contributed by atoms with Crippen molar-refractivity contribution in [2.45, 2.75) is 38.5 Å². The van der Waals surface area contributed by atoms with Gasteiger partial charge in [-0.1, -0.05) is 20.8 Å². The third-order valence-electron chi connectivity index (χ3n) is 1.36. The smallest absolute Gasteiger partial charge is 0.327 e. The number of thioether (sulfide) groups is 1. The highest BCUT2D eigenvalue weighted by molar-refractivity contribution is 8.00. The Kier molecular flexibility index (Phi) is 4.97. The van der Waals surface area contributed by atoms with E-state index < -0.39 is 12.0 Å². The molecule has 1 amide bonds. The lowest BCUT2D eigenvalue weighted by molar-refractivity contribution is -0.140. The molecule has 1 atom stereocenters. The first-order valence-electron chi connectivity index (χ1n) is 4.36. The highest BCUT2D eigenvalue weighted by Gasteiger charge is 2.21. The summed E-state index contributed by atoms with van der Waals surface area (Å²) in [5.41, 5.74) is 0. The molecule has 4 nitrogen and oxygen atoms in total. The molecule has 0 radical (unpaired) electrons. The third kappa shape index (κ3) is 6.77. The van der Waals surface area contributed by atoms with Gasteiger partial charge in [-0.3, -0.25) is 4.79 Å². The summed E-state index contributed by atoms with van der Waals surface area (Å²) in [4.78, 5) is 21.4. The fourth-order valence-corrected chi connectivity index (χ4v) is 1.65. The summed E-state index contributed by atoms with van der Waals surface area (Å²) in [6.45, 7) is 7.33. The van der Waals surface area contributed by atoms with Gasteiger partial charge in [0.05, 0.1) is 0 Å². The summed E-state index contributed by atoms with van der Waals surface area (Å²) in [5.74, 6) is -0.915. The topological polar surface area (TPSA) is 66.4 Å². The Morgan fingerprint density at radius 2 is 1.93 bits per heavy atom. The van der Waals surface area contributed by atoms with Crippen LogP contribution in [0.5, 0.6) is 0 Å². The Balaban J connectivity index is 4.11. The molecule has 0 saturated carbocycles. The zero-order valence-electron chi connectivity index (χ0n) is 8.96. The van der Waals surface area contributed by atoms with Gasteiger partial charge in [0.2, 0.25) is 5.91 Å². The van der Waals surface area contributed by atoms with E-state index in [2.05, 4.69) is 5.32 Å². The van der Waals surface area contributed by atoms with Crippen LogP contribution in [0.25, 0.3) is 0 Å². The zero-order chi connectivity index (χ0) is 11.4. The van der Waals surface area contributed by atoms with Crippen LogP contribution in [0.4, 0.5) is 0 Å². The van der Waals surface area contributed by atoms with Gasteiger partial charge in [0.15, 0.2) is 0 Å². The molecule has 0 unspecified atom stereocenters. The fraction of sp³-hybridized carbons (Fsp3) is 0.778. The molecule has 0 rings (SSSR count). The number of carboxylic acids is 1. The molecule has 0 saturated heterocycles. The van der Waals surface area contributed by atoms with Gasteiger partial charge >= 0.3 is 5.97 Å². The van der Waals surface area contributed by atoms with E-state index in [1.54, 1.807) is 0 Å². The molecular formula is C9H17NO3S. The van der Waals surface area contributed by atoms with E-state index in [4.69, 9.17) is 5.11 Å². The second-order valence-corrected chi connectivity index (χ2v) is 5.86. The Morgan fingerprint density at radius 3 is 2.21 bits per heavy atom. The maximum Gasteiger partial charge on any atom is 0.327 e. The van der Waals surface area contributed by atoms with Crippen molar-refractivity contribution in [2.75, 3.05) is 5.75 Å². The fourth-order valence-electron chi connectivity index (χ4n) is 0.753. The van der Waals surface area contributed by atoms with Crippen molar-refractivity contribution in [1.82, 2.24) is 5.32 Å². The van der Waals surface area contributed by atoms with E-state index in [0.717, 1.165) is 0 Å². The molecule has 0 bridgehead atoms. The standard InChI is InChI=1S/C9H17NO3S/c1-6(11)10-7(8(12)13)5-14-9(2,3)4/h7H,5H2,1-4H3,(H,10,11)(H,12,13)/t7-/m1/s1. The highest BCUT2D eigenvalue weighted by atomic mass is 32.2. The minimum Gasteiger partial charge on any atom is -0.480 e. The number of nitrogens with one attached hydrogen (secondary N) is 1. The van der Waals surface area contributed by atoms with E-state index in [0.29, 0.717) is 5.75 Å². The SMILES string of the molecule is CC(=O)N[C@H](CSC(C)(C)C)C(=O)O. The van der Waals surface area contributed by atoms with Gasteiger partial charge in [-0.15, -0.1) is 0 Å². The van der Waals surface area contributed by atoms with Crippen LogP contribution in [0.2, 0.25) is 0 Å². The molecule has 0 aliphatic carbocycles. The number of carboxylic acid groups (broad SMARTS) is 1. The second-order valence-electron chi connectivity index (χ2n) is 4.01. The van der Waals surface area contributed by atoms with E-state index in [1.165, 1.54) is 18.7 Å². The Bertz CT molecular complexity index is 223. The molecule has 0 fully saturated rings. The number of amides is 1. The van der Waals surface area contributed by atoms with E-state index in [1.807, 2.05) is 20.8 Å². The number of aliphatic carboxylic acids is 1. The van der Waals surface area contributed by atoms with Crippen LogP contribution < -0.4 is 5.32 Å². The van der Waals surface area contributed by atoms with Crippen LogP contribution in [0.3, 0.4) is 0 Å². The largest absolute Gasteiger partial charge is 0.480 e. The predicted octanol–water partition coefficient (Wildman–Crippen LogP) is 1.11. The van der Waals surface area contributed by atoms with Crippen molar-refractivity contribution in [1.29, 1.82) is 0 Å². The number of hydrogen-bond acceptors (Lipinski definition) is 3. The van der Waals surface area contributed by atoms with Crippen molar-refractivity contribution < 1.29 is 14.7 Å². The summed E-state index contributed by atoms with van der Waals surface area (Å²) in [6.07, 6.45) is 0. The molecule has 0 aromatic heterocycles. The molecule has 0 aromatic rings. The normalized spacial score (nSPS) is 13.4. The van der Waals surface area contributed by atoms with Gasteiger partial charge in [-0.2, -0.15) is 11.8 Å². The van der Waals surface area contributed by atoms with Crippen LogP contribution in [0, 0.1) is 0 Å². The summed E-state index contributed by atoms with van der Waals surface area (Å²) in [7, 11) is 0. The third-order valence-corrected chi connectivity index (χ3v) is 2.72. The van der Waals surface area contributed by atoms with Gasteiger partial charge in [0.1, 0.15) is 6.04 Å². The minimum absolute atomic E-state index is 0.00612. The van der Waals surface area contributed by atoms with Crippen molar-refractivity contribution >= 4 is 23.6 Å². The molecule has 0 spiro atoms. The van der Waals surface area contributed by atoms with E-state index >= 15 is 0 Å². The number of rotatable bonds is 4. The Labute approximate surface area is 88.4 Å². The number of hydrogen-bond donors (Lipinski definition) is 2. The highest BCUT2D eigenvalue weighted by Crippen LogP contribution is 2.23. The van der Waals surface area contributed by atoms with Gasteiger partial charge in [-0.05, 0) is 0 Å². The molecule has 14 heavy (non-hydrogen) atoms. The maximum absolute atomic E-state index is 10.7. The Morgan fingerprint density at radius 1 is 1.43 bits per heavy atom. The average molecular weight is 219 g/mol. The Hall–Kier alpha value is -0.710. The first kappa shape index (κ1) is 13.3. The molecule has 5 heteroatoms. The van der Waals surface area contributed by atoms with Crippen LogP contribution in [-0.4, -0.2) is 33.5 Å². The first-order valence-corrected chi connectivity index (χ1v) is 5.35. The minimum atomic E-state index is -0.989. The predicted molar refractivity (Wildman–Crippen MR) is 57.5 cm³/mol. The van der Waals surface area contributed by atoms with Crippen molar-refractivity contribution in [3.8, 4) is 0 Å². The summed E-state index contributed by atoms with van der Waals surface area (Å²) >= 11 is 1.52. The summed E-state index contributed by atoms with van der Waals surface area (Å²) < 4.78 is 0.00612. The van der Waals surface area contributed by atoms with Crippen molar-refractivity contribution in [3.63, 3.8) is 0 Å². The van der Waals surface area contributed by atoms with Gasteiger partial charge in [0, 0.05) is 17.4 Å². The van der Waals surface area contributed by atoms with E-state index in [9.17, 15) is 9.59 Å². The molecular weight excluding hydrogens is 202 g/mol. The number of carbonyl (C=O) groups excluding carboxylic acids is 1. The quantitative estimate of drug-likeness (QED) is 0.743. The van der Waals surface area contributed by atoms with Gasteiger partial charge < -0.3 is 10.4 Å². The number of carbonyl (C=O) groups is 2. The van der Waals surface area contributed by atoms with Crippen molar-refractivity contribution in [3.05, 3.63) is 0 Å². The van der Waals surface area contributed by atoms with Crippen molar-refractivity contribution in [2.24, 2.45) is 0 Å². The van der Waals surface area contributed by atoms with Crippen LogP contribution in [0.15, 0.2) is 0 Å². The second kappa shape index (κ2) is 5.24. The lowest BCUT2D eigenvalue weighted by Gasteiger charge is -2.20. The molecule has 2 N–H and O–H groups in total. The first-order chi connectivity index (χ1) is 6.22. The van der Waals surface area contributed by atoms with E-state index in [-0.39, 0.29) is 10.7 Å². The van der Waals surface area contributed by atoms with Crippen LogP contribution in [0.1, 0.15) is 27.7 Å². The summed E-state index contributed by atoms with van der Waals surface area (Å²) in [5, 5.41) is 11.2. The average Bonchev–Trinajstić information content (AvgIpc) is 1.94.